The van der Waals surface area contributed by atoms with Crippen molar-refractivity contribution in [3.05, 3.63) is 65.4 Å². The Hall–Kier alpha value is -4.50. The number of fused-ring (bicyclic) bond motifs is 1. The van der Waals surface area contributed by atoms with Crippen molar-refractivity contribution >= 4 is 40.9 Å². The van der Waals surface area contributed by atoms with Crippen LogP contribution in [-0.4, -0.2) is 86.3 Å². The Bertz CT molecular complexity index is 1640. The molecule has 0 radical (unpaired) electrons. The third kappa shape index (κ3) is 6.68. The average molecular weight is 637 g/mol. The summed E-state index contributed by atoms with van der Waals surface area (Å²) in [5.41, 5.74) is 2.57. The zero-order valence-corrected chi connectivity index (χ0v) is 26.4. The highest BCUT2D eigenvalue weighted by Gasteiger charge is 2.37. The van der Waals surface area contributed by atoms with Gasteiger partial charge in [0.1, 0.15) is 11.0 Å². The van der Waals surface area contributed by atoms with Gasteiger partial charge in [-0.05, 0) is 48.9 Å². The molecular formula is C29H32N8O5S2. The molecule has 0 fully saturated rings. The van der Waals surface area contributed by atoms with E-state index in [4.69, 9.17) is 14.2 Å². The summed E-state index contributed by atoms with van der Waals surface area (Å²) in [6, 6.07) is 14.3. The van der Waals surface area contributed by atoms with Crippen molar-refractivity contribution in [3.63, 3.8) is 0 Å². The molecule has 230 valence electrons. The van der Waals surface area contributed by atoms with Crippen LogP contribution in [0.5, 0.6) is 11.5 Å². The summed E-state index contributed by atoms with van der Waals surface area (Å²) in [6.07, 6.45) is 0. The van der Waals surface area contributed by atoms with E-state index in [0.29, 0.717) is 53.1 Å². The standard InChI is InChI=1S/C29H32N8O5S2/c1-5-36(6-2)23(38)16-42-21-14-13-19(15-22(21)40-4)25-24(27(39)41-7-3)20(30-28-32-34-35-37(25)28)17-43-29-33-31-26(44-29)18-11-9-8-10-12-18/h8-15,25H,5-7,16-17H2,1-4H3,(H,30,32,35). The predicted octanol–water partition coefficient (Wildman–Crippen LogP) is 4.07. The van der Waals surface area contributed by atoms with Gasteiger partial charge in [-0.15, -0.1) is 10.2 Å². The Labute approximate surface area is 262 Å². The molecule has 15 heteroatoms. The van der Waals surface area contributed by atoms with Gasteiger partial charge in [-0.2, -0.15) is 4.68 Å². The molecule has 2 aromatic carbocycles. The predicted molar refractivity (Wildman–Crippen MR) is 166 cm³/mol. The molecule has 0 bridgehead atoms. The van der Waals surface area contributed by atoms with Crippen molar-refractivity contribution in [2.24, 2.45) is 0 Å². The molecule has 1 N–H and O–H groups in total. The summed E-state index contributed by atoms with van der Waals surface area (Å²) < 4.78 is 19.2. The molecule has 3 heterocycles. The maximum atomic E-state index is 13.5. The Morgan fingerprint density at radius 3 is 2.57 bits per heavy atom. The van der Waals surface area contributed by atoms with Gasteiger partial charge in [-0.1, -0.05) is 64.6 Å². The van der Waals surface area contributed by atoms with Gasteiger partial charge in [0.25, 0.3) is 5.91 Å². The molecule has 2 aromatic heterocycles. The van der Waals surface area contributed by atoms with Crippen LogP contribution in [0.25, 0.3) is 10.6 Å². The van der Waals surface area contributed by atoms with Gasteiger partial charge in [0, 0.05) is 30.1 Å². The summed E-state index contributed by atoms with van der Waals surface area (Å²) in [5, 5.41) is 24.8. The van der Waals surface area contributed by atoms with Crippen molar-refractivity contribution in [1.29, 1.82) is 0 Å². The third-order valence-electron chi connectivity index (χ3n) is 6.83. The molecule has 0 aliphatic carbocycles. The fraction of sp³-hybridized carbons (Fsp3) is 0.345. The van der Waals surface area contributed by atoms with Crippen LogP contribution in [0, 0.1) is 0 Å². The zero-order chi connectivity index (χ0) is 31.1. The normalized spacial score (nSPS) is 14.0. The molecule has 13 nitrogen and oxygen atoms in total. The van der Waals surface area contributed by atoms with Gasteiger partial charge in [0.15, 0.2) is 22.4 Å². The van der Waals surface area contributed by atoms with Crippen LogP contribution < -0.4 is 14.8 Å². The second kappa shape index (κ2) is 14.3. The lowest BCUT2D eigenvalue weighted by Crippen LogP contribution is -2.34. The van der Waals surface area contributed by atoms with Crippen LogP contribution in [0.4, 0.5) is 5.95 Å². The highest BCUT2D eigenvalue weighted by molar-refractivity contribution is 8.01. The number of aromatic nitrogens is 6. The summed E-state index contributed by atoms with van der Waals surface area (Å²) in [6.45, 7) is 6.83. The SMILES string of the molecule is CCOC(=O)C1=C(CSc2nnc(-c3ccccc3)s2)Nc2nnnn2C1c1ccc(OCC(=O)N(CC)CC)c(OC)c1. The topological polar surface area (TPSA) is 146 Å². The zero-order valence-electron chi connectivity index (χ0n) is 24.7. The molecule has 44 heavy (non-hydrogen) atoms. The van der Waals surface area contributed by atoms with Crippen LogP contribution in [0.15, 0.2) is 64.1 Å². The minimum atomic E-state index is -0.731. The number of tetrazole rings is 1. The van der Waals surface area contributed by atoms with Crippen LogP contribution in [0.1, 0.15) is 32.4 Å². The molecule has 1 aliphatic heterocycles. The number of likely N-dealkylation sites (N-methyl/N-ethyl adjacent to an activating group) is 1. The molecular weight excluding hydrogens is 605 g/mol. The van der Waals surface area contributed by atoms with E-state index in [1.165, 1.54) is 34.9 Å². The van der Waals surface area contributed by atoms with Crippen molar-refractivity contribution < 1.29 is 23.8 Å². The molecule has 1 amide bonds. The number of rotatable bonds is 13. The van der Waals surface area contributed by atoms with Gasteiger partial charge in [-0.25, -0.2) is 4.79 Å². The van der Waals surface area contributed by atoms with Gasteiger partial charge in [-0.3, -0.25) is 4.79 Å². The lowest BCUT2D eigenvalue weighted by Gasteiger charge is -2.29. The lowest BCUT2D eigenvalue weighted by molar-refractivity contribution is -0.139. The number of carbonyl (C=O) groups excluding carboxylic acids is 2. The van der Waals surface area contributed by atoms with Crippen molar-refractivity contribution in [2.75, 3.05) is 44.5 Å². The quantitative estimate of drug-likeness (QED) is 0.167. The Morgan fingerprint density at radius 2 is 1.84 bits per heavy atom. The number of thioether (sulfide) groups is 1. The van der Waals surface area contributed by atoms with Crippen LogP contribution >= 0.6 is 23.1 Å². The van der Waals surface area contributed by atoms with Crippen LogP contribution in [-0.2, 0) is 14.3 Å². The van der Waals surface area contributed by atoms with Gasteiger partial charge < -0.3 is 24.4 Å². The minimum absolute atomic E-state index is 0.126. The molecule has 0 spiro atoms. The van der Waals surface area contributed by atoms with Crippen molar-refractivity contribution in [2.45, 2.75) is 31.2 Å². The second-order valence-electron chi connectivity index (χ2n) is 9.38. The average Bonchev–Trinajstić information content (AvgIpc) is 3.73. The largest absolute Gasteiger partial charge is 0.493 e. The Morgan fingerprint density at radius 1 is 1.05 bits per heavy atom. The molecule has 1 aliphatic rings. The summed E-state index contributed by atoms with van der Waals surface area (Å²) in [5.74, 6) is 0.874. The van der Waals surface area contributed by atoms with E-state index in [2.05, 4.69) is 31.0 Å². The number of ether oxygens (including phenoxy) is 3. The number of esters is 1. The highest BCUT2D eigenvalue weighted by Crippen LogP contribution is 2.40. The summed E-state index contributed by atoms with van der Waals surface area (Å²) >= 11 is 2.91. The number of benzene rings is 2. The first-order valence-electron chi connectivity index (χ1n) is 14.0. The number of hydrogen-bond acceptors (Lipinski definition) is 13. The molecule has 1 atom stereocenters. The Kier molecular flexibility index (Phi) is 10.1. The molecule has 0 saturated carbocycles. The number of methoxy groups -OCH3 is 1. The van der Waals surface area contributed by atoms with E-state index in [1.807, 2.05) is 44.2 Å². The first-order valence-corrected chi connectivity index (χ1v) is 15.8. The van der Waals surface area contributed by atoms with E-state index in [9.17, 15) is 9.59 Å². The molecule has 4 aromatic rings. The van der Waals surface area contributed by atoms with E-state index in [0.717, 1.165) is 14.9 Å². The fourth-order valence-electron chi connectivity index (χ4n) is 4.68. The molecule has 1 unspecified atom stereocenters. The Balaban J connectivity index is 1.46. The van der Waals surface area contributed by atoms with Crippen molar-refractivity contribution in [1.82, 2.24) is 35.3 Å². The van der Waals surface area contributed by atoms with Crippen LogP contribution in [0.3, 0.4) is 0 Å². The molecule has 0 saturated heterocycles. The fourth-order valence-corrected chi connectivity index (χ4v) is 6.51. The van der Waals surface area contributed by atoms with E-state index in [-0.39, 0.29) is 19.1 Å². The second-order valence-corrected chi connectivity index (χ2v) is 11.6. The van der Waals surface area contributed by atoms with Crippen LogP contribution in [0.2, 0.25) is 0 Å². The smallest absolute Gasteiger partial charge is 0.338 e. The number of anilines is 1. The van der Waals surface area contributed by atoms with Gasteiger partial charge in [0.2, 0.25) is 5.95 Å². The summed E-state index contributed by atoms with van der Waals surface area (Å²) in [4.78, 5) is 27.7. The molecule has 5 rings (SSSR count). The van der Waals surface area contributed by atoms with E-state index >= 15 is 0 Å². The number of hydrogen-bond donors (Lipinski definition) is 1. The number of nitrogens with zero attached hydrogens (tertiary/aromatic N) is 7. The van der Waals surface area contributed by atoms with Gasteiger partial charge >= 0.3 is 5.97 Å². The minimum Gasteiger partial charge on any atom is -0.493 e. The lowest BCUT2D eigenvalue weighted by atomic mass is 9.95. The van der Waals surface area contributed by atoms with Gasteiger partial charge in [0.05, 0.1) is 19.3 Å². The monoisotopic (exact) mass is 636 g/mol. The first-order chi connectivity index (χ1) is 21.5. The van der Waals surface area contributed by atoms with Crippen molar-refractivity contribution in [3.8, 4) is 22.1 Å². The number of amides is 1. The highest BCUT2D eigenvalue weighted by atomic mass is 32.2. The number of carbonyl (C=O) groups is 2. The summed E-state index contributed by atoms with van der Waals surface area (Å²) in [7, 11) is 1.51. The first kappa shape index (κ1) is 30.9. The maximum Gasteiger partial charge on any atom is 0.338 e. The third-order valence-corrected chi connectivity index (χ3v) is 8.96. The maximum absolute atomic E-state index is 13.5. The van der Waals surface area contributed by atoms with E-state index < -0.39 is 12.0 Å². The van der Waals surface area contributed by atoms with E-state index in [1.54, 1.807) is 30.0 Å². The number of nitrogens with one attached hydrogen (secondary N) is 1.